The lowest BCUT2D eigenvalue weighted by atomic mass is 9.99. The first-order valence-corrected chi connectivity index (χ1v) is 41.7. The summed E-state index contributed by atoms with van der Waals surface area (Å²) in [4.78, 5) is 244. The van der Waals surface area contributed by atoms with Gasteiger partial charge in [-0.05, 0) is 106 Å². The number of carbonyl (C=O) groups excluding carboxylic acids is 14. The molecule has 5 heterocycles. The molecule has 0 saturated carbocycles. The zero-order valence-electron chi connectivity index (χ0n) is 66.9. The summed E-state index contributed by atoms with van der Waals surface area (Å²) < 4.78 is 31.7. The first-order valence-electron chi connectivity index (χ1n) is 39.2. The van der Waals surface area contributed by atoms with E-state index in [0.29, 0.717) is 46.1 Å². The maximum absolute atomic E-state index is 15.3. The molecule has 39 nitrogen and oxygen atoms in total. The predicted octanol–water partition coefficient (Wildman–Crippen LogP) is -1.22. The van der Waals surface area contributed by atoms with E-state index in [1.165, 1.54) is 50.6 Å². The number of nitrogens with zero attached hydrogens (tertiary/aromatic N) is 2. The Morgan fingerprint density at radius 3 is 1.84 bits per heavy atom. The average Bonchev–Trinajstić information content (AvgIpc) is 1.72. The molecule has 44 heteroatoms. The van der Waals surface area contributed by atoms with Crippen LogP contribution in [0, 0.1) is 5.92 Å². The van der Waals surface area contributed by atoms with Crippen LogP contribution < -0.4 is 74.9 Å². The smallest absolute Gasteiger partial charge is 0.490 e. The minimum Gasteiger partial charge on any atom is -0.508 e. The number of aliphatic carboxylic acids is 3. The van der Waals surface area contributed by atoms with Crippen molar-refractivity contribution in [3.8, 4) is 5.75 Å². The Balaban J connectivity index is 0.00000280. The number of benzene rings is 3. The van der Waals surface area contributed by atoms with Crippen LogP contribution in [0.5, 0.6) is 5.75 Å². The molecule has 14 atom stereocenters. The molecule has 3 aromatic carbocycles. The Morgan fingerprint density at radius 1 is 0.631 bits per heavy atom. The monoisotopic (exact) mass is 1750 g/mol. The lowest BCUT2D eigenvalue weighted by Gasteiger charge is -2.30. The summed E-state index contributed by atoms with van der Waals surface area (Å²) in [6.45, 7) is 5.40. The molecular formula is C78H101F3N18O21S2. The van der Waals surface area contributed by atoms with Crippen LogP contribution in [0.25, 0.3) is 10.9 Å². The van der Waals surface area contributed by atoms with E-state index in [2.05, 4.69) is 84.1 Å². The topological polar surface area (TPSA) is 601 Å². The SMILES string of the molecule is CCC(C)C(NC(=O)C1CSSCC(NC(=O)C(CCC(=O)O)NC(=O)C2CCCN2C(=O)C(C)NC(=O)C(C)NC(=O)CNC(=O)C(Cc2c[nH]cn2)NC(=O)C2CCC(=O)N2)C(=O)NC(Cc2ccccc2)C(=O)NC(Cc2c[nH]c3ccccc23)C(=O)NC(CCCCN)C(=O)NC(Cc2ccc(O)cc2)C(=O)N1)C(=O)O.O=C(O)C(F)(F)F. The van der Waals surface area contributed by atoms with E-state index < -0.39 is 216 Å². The molecule has 662 valence electrons. The van der Waals surface area contributed by atoms with E-state index in [4.69, 9.17) is 15.6 Å². The number of hydrogen-bond acceptors (Lipinski definition) is 22. The number of likely N-dealkylation sites (tertiary alicyclic amines) is 1. The van der Waals surface area contributed by atoms with Crippen molar-refractivity contribution in [3.63, 3.8) is 0 Å². The van der Waals surface area contributed by atoms with Crippen molar-refractivity contribution in [3.05, 3.63) is 120 Å². The van der Waals surface area contributed by atoms with E-state index in [1.54, 1.807) is 74.6 Å². The Labute approximate surface area is 704 Å². The molecule has 5 aromatic rings. The van der Waals surface area contributed by atoms with Crippen LogP contribution in [0.3, 0.4) is 0 Å². The van der Waals surface area contributed by atoms with E-state index >= 15 is 14.4 Å². The zero-order valence-corrected chi connectivity index (χ0v) is 68.5. The first kappa shape index (κ1) is 96.8. The average molecular weight is 1750 g/mol. The van der Waals surface area contributed by atoms with Gasteiger partial charge in [-0.1, -0.05) is 103 Å². The third-order valence-electron chi connectivity index (χ3n) is 20.0. The largest absolute Gasteiger partial charge is 0.508 e. The molecule has 14 amide bonds. The molecule has 0 aliphatic carbocycles. The van der Waals surface area contributed by atoms with E-state index in [9.17, 15) is 90.8 Å². The molecule has 3 saturated heterocycles. The number of aromatic amines is 2. The lowest BCUT2D eigenvalue weighted by Crippen LogP contribution is -2.61. The Hall–Kier alpha value is -12.4. The number of hydrogen-bond donors (Lipinski definition) is 20. The van der Waals surface area contributed by atoms with Gasteiger partial charge in [0.25, 0.3) is 0 Å². The van der Waals surface area contributed by atoms with Crippen LogP contribution in [0.2, 0.25) is 0 Å². The van der Waals surface area contributed by atoms with Gasteiger partial charge in [-0.25, -0.2) is 14.6 Å². The highest BCUT2D eigenvalue weighted by atomic mass is 33.1. The van der Waals surface area contributed by atoms with Crippen molar-refractivity contribution in [1.29, 1.82) is 0 Å². The number of imidazole rings is 1. The Morgan fingerprint density at radius 2 is 1.23 bits per heavy atom. The number of rotatable bonds is 33. The summed E-state index contributed by atoms with van der Waals surface area (Å²) in [6.07, 6.45) is -1.25. The van der Waals surface area contributed by atoms with Crippen LogP contribution in [-0.2, 0) is 107 Å². The number of nitrogens with two attached hydrogens (primary N) is 1. The molecule has 0 bridgehead atoms. The Bertz CT molecular complexity index is 4530. The number of carboxylic acid groups (broad SMARTS) is 3. The van der Waals surface area contributed by atoms with Crippen molar-refractivity contribution >= 4 is 133 Å². The summed E-state index contributed by atoms with van der Waals surface area (Å²) >= 11 is 0. The molecule has 21 N–H and O–H groups in total. The van der Waals surface area contributed by atoms with Gasteiger partial charge in [0, 0.05) is 79.9 Å². The van der Waals surface area contributed by atoms with Crippen LogP contribution in [0.4, 0.5) is 13.2 Å². The second kappa shape index (κ2) is 47.0. The van der Waals surface area contributed by atoms with Gasteiger partial charge in [0.05, 0.1) is 18.6 Å². The molecule has 8 rings (SSSR count). The highest BCUT2D eigenvalue weighted by molar-refractivity contribution is 8.76. The molecule has 3 aliphatic rings. The van der Waals surface area contributed by atoms with Crippen LogP contribution >= 0.6 is 21.6 Å². The maximum Gasteiger partial charge on any atom is 0.490 e. The molecule has 122 heavy (non-hydrogen) atoms. The predicted molar refractivity (Wildman–Crippen MR) is 433 cm³/mol. The van der Waals surface area contributed by atoms with Crippen molar-refractivity contribution in [1.82, 2.24) is 89.0 Å². The molecule has 0 spiro atoms. The number of alkyl halides is 3. The number of carboxylic acids is 3. The normalized spacial score (nSPS) is 20.8. The van der Waals surface area contributed by atoms with Gasteiger partial charge in [-0.3, -0.25) is 71.9 Å². The van der Waals surface area contributed by atoms with Gasteiger partial charge in [-0.15, -0.1) is 0 Å². The molecule has 2 aromatic heterocycles. The van der Waals surface area contributed by atoms with E-state index in [1.807, 2.05) is 0 Å². The summed E-state index contributed by atoms with van der Waals surface area (Å²) in [5, 5.41) is 72.3. The number of aromatic hydroxyl groups is 1. The van der Waals surface area contributed by atoms with Gasteiger partial charge in [-0.2, -0.15) is 13.2 Å². The third kappa shape index (κ3) is 30.1. The van der Waals surface area contributed by atoms with E-state index in [0.717, 1.165) is 26.5 Å². The summed E-state index contributed by atoms with van der Waals surface area (Å²) in [5.41, 5.74) is 8.45. The van der Waals surface area contributed by atoms with Gasteiger partial charge in [0.2, 0.25) is 82.7 Å². The number of phenols is 1. The number of H-pyrrole nitrogens is 2. The molecule has 0 radical (unpaired) electrons. The fraction of sp³-hybridized carbons (Fsp3) is 0.487. The second-order valence-corrected chi connectivity index (χ2v) is 31.8. The number of carbonyl (C=O) groups is 17. The standard InChI is InChI=1S/C76H100N18O19S2.C2HF3O2/c1-5-40(2)63(76(112)113)93-73(109)58-38-115-114-37-57(91-68(104)52(25-27-62(98)99)86-74(110)59-19-13-29-94(59)75(111)42(4)83-64(100)41(3)82-61(97)36-80-65(101)56(33-46-35-78-39-81-46)90-67(103)51-24-26-60(96)84-51)72(108)88-53(30-43-14-7-6-8-15-43)69(105)89-55(32-45-34-79-49-17-10-9-16-48(45)49)71(107)85-50(18-11-12-28-77)66(102)87-54(70(106)92-58)31-44-20-22-47(95)23-21-44;3-2(4,5)1(6)7/h6-10,14-17,20-23,34-35,39-42,50-59,63,79,95H,5,11-13,18-19,24-33,36-38,77H2,1-4H3,(H,78,81)(H,80,101)(H,82,97)(H,83,100)(H,84,96)(H,85,107)(H,86,110)(H,87,102)(H,88,108)(H,89,105)(H,90,103)(H,91,104)(H,92,106)(H,93,109)(H,98,99)(H,112,113);(H,6,7). The summed E-state index contributed by atoms with van der Waals surface area (Å²) in [7, 11) is 1.71. The first-order chi connectivity index (χ1) is 57.9. The third-order valence-corrected chi connectivity index (χ3v) is 22.5. The fourth-order valence-electron chi connectivity index (χ4n) is 13.1. The molecule has 3 aliphatic heterocycles. The number of halogens is 3. The summed E-state index contributed by atoms with van der Waals surface area (Å²) in [6, 6.07) is 2.43. The highest BCUT2D eigenvalue weighted by Gasteiger charge is 2.42. The van der Waals surface area contributed by atoms with Crippen LogP contribution in [0.1, 0.15) is 114 Å². The van der Waals surface area contributed by atoms with Crippen LogP contribution in [0.15, 0.2) is 97.6 Å². The van der Waals surface area contributed by atoms with Crippen molar-refractivity contribution in [2.75, 3.05) is 31.1 Å². The maximum atomic E-state index is 15.3. The van der Waals surface area contributed by atoms with Gasteiger partial charge < -0.3 is 110 Å². The zero-order chi connectivity index (χ0) is 89.5. The van der Waals surface area contributed by atoms with Crippen LogP contribution in [-0.4, -0.2) is 257 Å². The number of amides is 14. The van der Waals surface area contributed by atoms with E-state index in [-0.39, 0.29) is 89.0 Å². The lowest BCUT2D eigenvalue weighted by molar-refractivity contribution is -0.192. The number of nitrogens with one attached hydrogen (secondary N) is 15. The molecule has 14 unspecified atom stereocenters. The quantitative estimate of drug-likeness (QED) is 0.0173. The number of fused-ring (bicyclic) bond motifs is 1. The Kier molecular flexibility index (Phi) is 37.3. The summed E-state index contributed by atoms with van der Waals surface area (Å²) in [5.74, 6) is -19.1. The van der Waals surface area contributed by atoms with Crippen molar-refractivity contribution in [2.45, 2.75) is 202 Å². The second-order valence-electron chi connectivity index (χ2n) is 29.3. The number of unbranched alkanes of at least 4 members (excludes halogenated alkanes) is 1. The minimum atomic E-state index is -5.08. The van der Waals surface area contributed by atoms with Crippen molar-refractivity contribution < 1.29 is 115 Å². The van der Waals surface area contributed by atoms with Gasteiger partial charge >= 0.3 is 24.1 Å². The fourth-order valence-corrected chi connectivity index (χ4v) is 15.4. The number of aromatic nitrogens is 3. The highest BCUT2D eigenvalue weighted by Crippen LogP contribution is 2.27. The van der Waals surface area contributed by atoms with Crippen molar-refractivity contribution in [2.24, 2.45) is 11.7 Å². The van der Waals surface area contributed by atoms with Gasteiger partial charge in [0.1, 0.15) is 84.3 Å². The number of para-hydroxylation sites is 1. The minimum absolute atomic E-state index is 0.0122. The molecule has 3 fully saturated rings. The number of phenolic OH excluding ortho intramolecular Hbond substituents is 1. The van der Waals surface area contributed by atoms with Gasteiger partial charge in [0.15, 0.2) is 0 Å². The molecular weight excluding hydrogens is 1650 g/mol.